The van der Waals surface area contributed by atoms with Crippen LogP contribution in [0.2, 0.25) is 0 Å². The lowest BCUT2D eigenvalue weighted by Gasteiger charge is -2.30. The molecule has 5 nitrogen and oxygen atoms in total. The zero-order valence-corrected chi connectivity index (χ0v) is 13.2. The Morgan fingerprint density at radius 1 is 1.18 bits per heavy atom. The molecule has 2 amide bonds. The van der Waals surface area contributed by atoms with Crippen molar-refractivity contribution < 1.29 is 9.59 Å². The molecule has 1 fully saturated rings. The molecule has 0 aromatic heterocycles. The van der Waals surface area contributed by atoms with Crippen molar-refractivity contribution in [3.8, 4) is 0 Å². The molecule has 1 saturated carbocycles. The van der Waals surface area contributed by atoms with Crippen LogP contribution in [0, 0.1) is 6.92 Å². The Labute approximate surface area is 131 Å². The van der Waals surface area contributed by atoms with E-state index >= 15 is 0 Å². The van der Waals surface area contributed by atoms with Crippen molar-refractivity contribution in [3.05, 3.63) is 35.4 Å². The van der Waals surface area contributed by atoms with Gasteiger partial charge in [-0.2, -0.15) is 0 Å². The molecule has 0 saturated heterocycles. The number of benzene rings is 1. The highest BCUT2D eigenvalue weighted by molar-refractivity contribution is 5.85. The number of carbonyl (C=O) groups is 2. The molecule has 4 N–H and O–H groups in total. The smallest absolute Gasteiger partial charge is 0.239 e. The number of rotatable bonds is 6. The lowest BCUT2D eigenvalue weighted by Crippen LogP contribution is -2.44. The second-order valence-corrected chi connectivity index (χ2v) is 6.11. The fourth-order valence-corrected chi connectivity index (χ4v) is 3.18. The first kappa shape index (κ1) is 16.5. The van der Waals surface area contributed by atoms with Crippen LogP contribution in [0.25, 0.3) is 0 Å². The molecule has 0 atom stereocenters. The second kappa shape index (κ2) is 7.40. The van der Waals surface area contributed by atoms with Crippen molar-refractivity contribution >= 4 is 11.8 Å². The second-order valence-electron chi connectivity index (χ2n) is 6.11. The molecule has 1 aromatic rings. The van der Waals surface area contributed by atoms with Crippen LogP contribution in [0.4, 0.5) is 0 Å². The van der Waals surface area contributed by atoms with E-state index in [-0.39, 0.29) is 30.3 Å². The first-order chi connectivity index (χ1) is 10.6. The van der Waals surface area contributed by atoms with Crippen molar-refractivity contribution in [2.24, 2.45) is 5.73 Å². The minimum Gasteiger partial charge on any atom is -0.354 e. The SMILES string of the molecule is Cc1cccc(C2(CNC(=O)CNC(=O)CN)CCCC2)c1. The van der Waals surface area contributed by atoms with E-state index in [0.29, 0.717) is 6.54 Å². The van der Waals surface area contributed by atoms with Gasteiger partial charge in [-0.05, 0) is 25.3 Å². The summed E-state index contributed by atoms with van der Waals surface area (Å²) < 4.78 is 0. The number of amides is 2. The number of nitrogens with one attached hydrogen (secondary N) is 2. The van der Waals surface area contributed by atoms with Gasteiger partial charge in [-0.25, -0.2) is 0 Å². The fraction of sp³-hybridized carbons (Fsp3) is 0.529. The van der Waals surface area contributed by atoms with Gasteiger partial charge in [0, 0.05) is 12.0 Å². The molecule has 1 aliphatic carbocycles. The highest BCUT2D eigenvalue weighted by Crippen LogP contribution is 2.40. The van der Waals surface area contributed by atoms with Crippen molar-refractivity contribution in [1.82, 2.24) is 10.6 Å². The van der Waals surface area contributed by atoms with Crippen LogP contribution in [0.5, 0.6) is 0 Å². The van der Waals surface area contributed by atoms with E-state index in [1.165, 1.54) is 24.0 Å². The lowest BCUT2D eigenvalue weighted by atomic mass is 9.78. The van der Waals surface area contributed by atoms with Crippen LogP contribution in [0.15, 0.2) is 24.3 Å². The number of hydrogen-bond acceptors (Lipinski definition) is 3. The molecule has 1 aromatic carbocycles. The third kappa shape index (κ3) is 4.07. The molecule has 0 bridgehead atoms. The van der Waals surface area contributed by atoms with Crippen LogP contribution in [0.1, 0.15) is 36.8 Å². The maximum atomic E-state index is 11.9. The Hall–Kier alpha value is -1.88. The number of aryl methyl sites for hydroxylation is 1. The highest BCUT2D eigenvalue weighted by Gasteiger charge is 2.35. The lowest BCUT2D eigenvalue weighted by molar-refractivity contribution is -0.125. The summed E-state index contributed by atoms with van der Waals surface area (Å²) in [6, 6.07) is 8.54. The Kier molecular flexibility index (Phi) is 5.55. The quantitative estimate of drug-likeness (QED) is 0.733. The predicted molar refractivity (Wildman–Crippen MR) is 86.4 cm³/mol. The molecular weight excluding hydrogens is 278 g/mol. The predicted octanol–water partition coefficient (Wildman–Crippen LogP) is 0.998. The molecule has 2 rings (SSSR count). The average molecular weight is 303 g/mol. The first-order valence-corrected chi connectivity index (χ1v) is 7.86. The zero-order valence-electron chi connectivity index (χ0n) is 13.2. The Balaban J connectivity index is 1.98. The van der Waals surface area contributed by atoms with E-state index in [9.17, 15) is 9.59 Å². The molecule has 0 spiro atoms. The summed E-state index contributed by atoms with van der Waals surface area (Å²) >= 11 is 0. The molecule has 0 radical (unpaired) electrons. The van der Waals surface area contributed by atoms with E-state index in [1.54, 1.807) is 0 Å². The standard InChI is InChI=1S/C17H25N3O2/c1-13-5-4-6-14(9-13)17(7-2-3-8-17)12-20-16(22)11-19-15(21)10-18/h4-6,9H,2-3,7-8,10-12,18H2,1H3,(H,19,21)(H,20,22). The van der Waals surface area contributed by atoms with E-state index in [1.807, 2.05) is 0 Å². The minimum absolute atomic E-state index is 0.0140. The minimum atomic E-state index is -0.315. The Morgan fingerprint density at radius 2 is 1.91 bits per heavy atom. The summed E-state index contributed by atoms with van der Waals surface area (Å²) in [6.07, 6.45) is 4.55. The summed E-state index contributed by atoms with van der Waals surface area (Å²) in [5, 5.41) is 5.46. The van der Waals surface area contributed by atoms with E-state index in [0.717, 1.165) is 12.8 Å². The highest BCUT2D eigenvalue weighted by atomic mass is 16.2. The first-order valence-electron chi connectivity index (χ1n) is 7.86. The maximum absolute atomic E-state index is 11.9. The Bertz CT molecular complexity index is 536. The monoisotopic (exact) mass is 303 g/mol. The topological polar surface area (TPSA) is 84.2 Å². The summed E-state index contributed by atoms with van der Waals surface area (Å²) in [6.45, 7) is 2.60. The number of carbonyl (C=O) groups excluding carboxylic acids is 2. The van der Waals surface area contributed by atoms with Crippen molar-refractivity contribution in [3.63, 3.8) is 0 Å². The zero-order chi connectivity index (χ0) is 16.0. The number of hydrogen-bond donors (Lipinski definition) is 3. The van der Waals surface area contributed by atoms with Gasteiger partial charge in [0.05, 0.1) is 13.1 Å². The van der Waals surface area contributed by atoms with Gasteiger partial charge >= 0.3 is 0 Å². The van der Waals surface area contributed by atoms with Gasteiger partial charge in [-0.15, -0.1) is 0 Å². The fourth-order valence-electron chi connectivity index (χ4n) is 3.18. The molecule has 0 heterocycles. The van der Waals surface area contributed by atoms with Gasteiger partial charge < -0.3 is 16.4 Å². The van der Waals surface area contributed by atoms with Crippen LogP contribution in [-0.4, -0.2) is 31.4 Å². The summed E-state index contributed by atoms with van der Waals surface area (Å²) in [5.41, 5.74) is 7.77. The summed E-state index contributed by atoms with van der Waals surface area (Å²) in [7, 11) is 0. The third-order valence-electron chi connectivity index (χ3n) is 4.45. The Morgan fingerprint density at radius 3 is 2.55 bits per heavy atom. The van der Waals surface area contributed by atoms with Crippen LogP contribution < -0.4 is 16.4 Å². The molecule has 0 unspecified atom stereocenters. The summed E-state index contributed by atoms with van der Waals surface area (Å²) in [5.74, 6) is -0.481. The van der Waals surface area contributed by atoms with Crippen LogP contribution >= 0.6 is 0 Å². The van der Waals surface area contributed by atoms with Gasteiger partial charge in [0.15, 0.2) is 0 Å². The summed E-state index contributed by atoms with van der Waals surface area (Å²) in [4.78, 5) is 23.0. The normalized spacial score (nSPS) is 16.3. The van der Waals surface area contributed by atoms with E-state index in [2.05, 4.69) is 41.8 Å². The van der Waals surface area contributed by atoms with Crippen molar-refractivity contribution in [2.45, 2.75) is 38.0 Å². The van der Waals surface area contributed by atoms with Gasteiger partial charge in [0.2, 0.25) is 11.8 Å². The maximum Gasteiger partial charge on any atom is 0.239 e. The molecule has 5 heteroatoms. The molecule has 120 valence electrons. The number of nitrogens with two attached hydrogens (primary N) is 1. The van der Waals surface area contributed by atoms with Gasteiger partial charge in [-0.1, -0.05) is 42.7 Å². The molecule has 1 aliphatic rings. The van der Waals surface area contributed by atoms with Crippen molar-refractivity contribution in [1.29, 1.82) is 0 Å². The largest absolute Gasteiger partial charge is 0.354 e. The van der Waals surface area contributed by atoms with E-state index in [4.69, 9.17) is 5.73 Å². The van der Waals surface area contributed by atoms with E-state index < -0.39 is 0 Å². The molecular formula is C17H25N3O2. The third-order valence-corrected chi connectivity index (χ3v) is 4.45. The average Bonchev–Trinajstić information content (AvgIpc) is 3.00. The van der Waals surface area contributed by atoms with Crippen molar-refractivity contribution in [2.75, 3.05) is 19.6 Å². The van der Waals surface area contributed by atoms with Gasteiger partial charge in [-0.3, -0.25) is 9.59 Å². The molecule has 22 heavy (non-hydrogen) atoms. The van der Waals surface area contributed by atoms with Gasteiger partial charge in [0.25, 0.3) is 0 Å². The van der Waals surface area contributed by atoms with Crippen LogP contribution in [0.3, 0.4) is 0 Å². The molecule has 0 aliphatic heterocycles. The van der Waals surface area contributed by atoms with Crippen LogP contribution in [-0.2, 0) is 15.0 Å². The van der Waals surface area contributed by atoms with Gasteiger partial charge in [0.1, 0.15) is 0 Å².